The summed E-state index contributed by atoms with van der Waals surface area (Å²) in [5.41, 5.74) is 2.09. The first-order valence-electron chi connectivity index (χ1n) is 11.5. The van der Waals surface area contributed by atoms with Crippen LogP contribution in [-0.2, 0) is 11.3 Å². The molecule has 170 valence electrons. The number of carbonyl (C=O) groups is 2. The molecular formula is C26H27N3O2S2. The van der Waals surface area contributed by atoms with Gasteiger partial charge in [0.15, 0.2) is 0 Å². The average molecular weight is 478 g/mol. The number of rotatable bonds is 6. The lowest BCUT2D eigenvalue weighted by Gasteiger charge is -2.25. The number of aromatic nitrogens is 1. The molecule has 0 unspecified atom stereocenters. The van der Waals surface area contributed by atoms with Gasteiger partial charge in [-0.3, -0.25) is 9.59 Å². The summed E-state index contributed by atoms with van der Waals surface area (Å²) >= 11 is 3.00. The Labute approximate surface area is 201 Å². The zero-order valence-electron chi connectivity index (χ0n) is 18.7. The van der Waals surface area contributed by atoms with E-state index in [9.17, 15) is 9.59 Å². The van der Waals surface area contributed by atoms with Crippen LogP contribution in [0.3, 0.4) is 0 Å². The molecule has 0 atom stereocenters. The van der Waals surface area contributed by atoms with Gasteiger partial charge in [-0.05, 0) is 48.9 Å². The lowest BCUT2D eigenvalue weighted by Crippen LogP contribution is -2.44. The Morgan fingerprint density at radius 2 is 1.94 bits per heavy atom. The van der Waals surface area contributed by atoms with E-state index in [1.165, 1.54) is 17.8 Å². The van der Waals surface area contributed by atoms with Crippen molar-refractivity contribution in [2.45, 2.75) is 51.6 Å². The van der Waals surface area contributed by atoms with E-state index in [1.54, 1.807) is 16.2 Å². The van der Waals surface area contributed by atoms with Gasteiger partial charge >= 0.3 is 0 Å². The predicted octanol–water partition coefficient (Wildman–Crippen LogP) is 5.91. The monoisotopic (exact) mass is 477 g/mol. The van der Waals surface area contributed by atoms with Gasteiger partial charge in [0.05, 0.1) is 16.9 Å². The Morgan fingerprint density at radius 1 is 1.09 bits per heavy atom. The van der Waals surface area contributed by atoms with Gasteiger partial charge in [-0.25, -0.2) is 4.98 Å². The first-order chi connectivity index (χ1) is 16.1. The second-order valence-corrected chi connectivity index (χ2v) is 10.8. The summed E-state index contributed by atoms with van der Waals surface area (Å²) in [6.07, 6.45) is 5.61. The molecule has 1 aliphatic carbocycles. The summed E-state index contributed by atoms with van der Waals surface area (Å²) in [5.74, 6) is -0.196. The third-order valence-corrected chi connectivity index (χ3v) is 8.16. The Bertz CT molecular complexity index is 1290. The highest BCUT2D eigenvalue weighted by Gasteiger charge is 2.24. The highest BCUT2D eigenvalue weighted by Crippen LogP contribution is 2.30. The van der Waals surface area contributed by atoms with E-state index >= 15 is 0 Å². The van der Waals surface area contributed by atoms with E-state index in [0.29, 0.717) is 11.4 Å². The van der Waals surface area contributed by atoms with E-state index in [1.807, 2.05) is 35.7 Å². The smallest absolute Gasteiger partial charge is 0.264 e. The van der Waals surface area contributed by atoms with Gasteiger partial charge in [-0.15, -0.1) is 22.7 Å². The highest BCUT2D eigenvalue weighted by molar-refractivity contribution is 7.20. The van der Waals surface area contributed by atoms with Gasteiger partial charge in [-0.1, -0.05) is 43.5 Å². The maximum absolute atomic E-state index is 13.6. The van der Waals surface area contributed by atoms with Crippen LogP contribution >= 0.6 is 22.7 Å². The van der Waals surface area contributed by atoms with Crippen molar-refractivity contribution in [1.29, 1.82) is 0 Å². The van der Waals surface area contributed by atoms with Crippen molar-refractivity contribution in [3.63, 3.8) is 0 Å². The van der Waals surface area contributed by atoms with Crippen LogP contribution in [0.15, 0.2) is 47.8 Å². The van der Waals surface area contributed by atoms with E-state index < -0.39 is 0 Å². The van der Waals surface area contributed by atoms with Crippen LogP contribution in [-0.4, -0.2) is 34.3 Å². The fourth-order valence-corrected chi connectivity index (χ4v) is 6.25. The molecule has 2 amide bonds. The molecule has 1 fully saturated rings. The molecule has 3 aromatic heterocycles. The summed E-state index contributed by atoms with van der Waals surface area (Å²) in [4.78, 5) is 35.4. The molecule has 5 rings (SSSR count). The van der Waals surface area contributed by atoms with Gasteiger partial charge in [0.2, 0.25) is 5.91 Å². The lowest BCUT2D eigenvalue weighted by molar-refractivity contribution is -0.122. The number of pyridine rings is 1. The molecular weight excluding hydrogens is 450 g/mol. The van der Waals surface area contributed by atoms with Crippen LogP contribution < -0.4 is 5.32 Å². The van der Waals surface area contributed by atoms with Gasteiger partial charge < -0.3 is 10.2 Å². The van der Waals surface area contributed by atoms with Crippen LogP contribution in [0.25, 0.3) is 21.1 Å². The minimum absolute atomic E-state index is 0.0655. The normalized spacial score (nSPS) is 14.6. The van der Waals surface area contributed by atoms with Crippen molar-refractivity contribution in [1.82, 2.24) is 15.2 Å². The van der Waals surface area contributed by atoms with Crippen molar-refractivity contribution in [2.75, 3.05) is 6.54 Å². The number of para-hydroxylation sites is 1. The molecule has 0 bridgehead atoms. The molecule has 7 heteroatoms. The van der Waals surface area contributed by atoms with Crippen molar-refractivity contribution in [2.24, 2.45) is 0 Å². The van der Waals surface area contributed by atoms with Gasteiger partial charge in [0.25, 0.3) is 5.91 Å². The molecule has 4 aromatic rings. The van der Waals surface area contributed by atoms with E-state index in [2.05, 4.69) is 24.4 Å². The first kappa shape index (κ1) is 22.0. The molecule has 1 aromatic carbocycles. The van der Waals surface area contributed by atoms with Gasteiger partial charge in [0, 0.05) is 21.7 Å². The third-order valence-electron chi connectivity index (χ3n) is 6.26. The fraction of sp³-hybridized carbons (Fsp3) is 0.346. The lowest BCUT2D eigenvalue weighted by atomic mass is 9.95. The molecule has 0 aliphatic heterocycles. The summed E-state index contributed by atoms with van der Waals surface area (Å²) in [7, 11) is 0. The first-order valence-corrected chi connectivity index (χ1v) is 13.2. The number of hydrogen-bond acceptors (Lipinski definition) is 5. The van der Waals surface area contributed by atoms with E-state index in [-0.39, 0.29) is 24.4 Å². The molecule has 0 spiro atoms. The van der Waals surface area contributed by atoms with Crippen LogP contribution in [0, 0.1) is 6.92 Å². The Hall–Kier alpha value is -2.77. The summed E-state index contributed by atoms with van der Waals surface area (Å²) < 4.78 is 0. The number of nitrogens with zero attached hydrogens (tertiary/aromatic N) is 2. The number of nitrogens with one attached hydrogen (secondary N) is 1. The van der Waals surface area contributed by atoms with Crippen LogP contribution in [0.5, 0.6) is 0 Å². The van der Waals surface area contributed by atoms with E-state index in [0.717, 1.165) is 57.2 Å². The standard InChI is InChI=1S/C26H27N3O2S2/c1-17-7-5-8-18-13-19-14-22(33-25(19)28-24(17)18)26(31)29(15-21-11-6-12-32-21)16-23(30)27-20-9-3-2-4-10-20/h5-8,11-14,20H,2-4,9-10,15-16H2,1H3,(H,27,30). The summed E-state index contributed by atoms with van der Waals surface area (Å²) in [6, 6.07) is 14.3. The Balaban J connectivity index is 1.40. The molecule has 5 nitrogen and oxygen atoms in total. The van der Waals surface area contributed by atoms with Crippen molar-refractivity contribution in [3.05, 3.63) is 63.2 Å². The molecule has 3 heterocycles. The highest BCUT2D eigenvalue weighted by atomic mass is 32.1. The maximum atomic E-state index is 13.6. The maximum Gasteiger partial charge on any atom is 0.264 e. The zero-order valence-corrected chi connectivity index (χ0v) is 20.3. The van der Waals surface area contributed by atoms with Gasteiger partial charge in [0.1, 0.15) is 11.4 Å². The minimum atomic E-state index is -0.119. The number of carbonyl (C=O) groups excluding carboxylic acids is 2. The third kappa shape index (κ3) is 4.94. The second kappa shape index (κ2) is 9.61. The topological polar surface area (TPSA) is 62.3 Å². The molecule has 1 aliphatic rings. The van der Waals surface area contributed by atoms with Crippen LogP contribution in [0.2, 0.25) is 0 Å². The quantitative estimate of drug-likeness (QED) is 0.375. The number of hydrogen-bond donors (Lipinski definition) is 1. The number of amides is 2. The minimum Gasteiger partial charge on any atom is -0.352 e. The largest absolute Gasteiger partial charge is 0.352 e. The Kier molecular flexibility index (Phi) is 6.42. The SMILES string of the molecule is Cc1cccc2cc3cc(C(=O)N(CC(=O)NC4CCCCC4)Cc4cccs4)sc3nc12. The molecule has 0 radical (unpaired) electrons. The van der Waals surface area contributed by atoms with Crippen molar-refractivity contribution >= 4 is 55.6 Å². The number of aryl methyl sites for hydroxylation is 1. The van der Waals surface area contributed by atoms with E-state index in [4.69, 9.17) is 4.98 Å². The molecule has 1 N–H and O–H groups in total. The molecule has 33 heavy (non-hydrogen) atoms. The average Bonchev–Trinajstić information content (AvgIpc) is 3.47. The second-order valence-electron chi connectivity index (χ2n) is 8.78. The zero-order chi connectivity index (χ0) is 22.8. The molecule has 0 saturated heterocycles. The van der Waals surface area contributed by atoms with Crippen LogP contribution in [0.4, 0.5) is 0 Å². The Morgan fingerprint density at radius 3 is 2.73 bits per heavy atom. The number of fused-ring (bicyclic) bond motifs is 2. The molecule has 1 saturated carbocycles. The van der Waals surface area contributed by atoms with Gasteiger partial charge in [-0.2, -0.15) is 0 Å². The fourth-order valence-electron chi connectivity index (χ4n) is 4.55. The van der Waals surface area contributed by atoms with Crippen molar-refractivity contribution in [3.8, 4) is 0 Å². The summed E-state index contributed by atoms with van der Waals surface area (Å²) in [6.45, 7) is 2.54. The number of thiophene rings is 2. The number of benzene rings is 1. The van der Waals surface area contributed by atoms with Crippen LogP contribution in [0.1, 0.15) is 52.2 Å². The summed E-state index contributed by atoms with van der Waals surface area (Å²) in [5, 5.41) is 7.18. The predicted molar refractivity (Wildman–Crippen MR) is 136 cm³/mol. The van der Waals surface area contributed by atoms with Crippen molar-refractivity contribution < 1.29 is 9.59 Å².